The first kappa shape index (κ1) is 19.6. The van der Waals surface area contributed by atoms with Gasteiger partial charge in [-0.3, -0.25) is 4.79 Å². The Bertz CT molecular complexity index is 1240. The van der Waals surface area contributed by atoms with E-state index in [9.17, 15) is 14.3 Å². The van der Waals surface area contributed by atoms with Gasteiger partial charge in [-0.1, -0.05) is 26.0 Å². The predicted molar refractivity (Wildman–Crippen MR) is 119 cm³/mol. The summed E-state index contributed by atoms with van der Waals surface area (Å²) in [4.78, 5) is 17.4. The number of benzene rings is 2. The van der Waals surface area contributed by atoms with Crippen molar-refractivity contribution in [2.45, 2.75) is 20.3 Å². The van der Waals surface area contributed by atoms with E-state index in [4.69, 9.17) is 0 Å². The summed E-state index contributed by atoms with van der Waals surface area (Å²) in [5.41, 5.74) is 2.26. The number of aromatic nitrogens is 1. The number of H-pyrrole nitrogens is 1. The summed E-state index contributed by atoms with van der Waals surface area (Å²) in [6.45, 7) is 6.88. The fourth-order valence-electron chi connectivity index (χ4n) is 3.85. The Labute approximate surface area is 172 Å². The molecule has 0 aliphatic rings. The van der Waals surface area contributed by atoms with Crippen molar-refractivity contribution in [3.8, 4) is 16.9 Å². The highest BCUT2D eigenvalue weighted by Gasteiger charge is 2.17. The average Bonchev–Trinajstić information content (AvgIpc) is 3.21. The maximum Gasteiger partial charge on any atom is 0.266 e. The van der Waals surface area contributed by atoms with Gasteiger partial charge in [-0.2, -0.15) is 0 Å². The van der Waals surface area contributed by atoms with E-state index in [-0.39, 0.29) is 17.1 Å². The Morgan fingerprint density at radius 3 is 2.66 bits per heavy atom. The lowest BCUT2D eigenvalue weighted by molar-refractivity contribution is 0.306. The molecule has 150 valence electrons. The number of nitrogens with zero attached hydrogens (tertiary/aromatic N) is 1. The summed E-state index contributed by atoms with van der Waals surface area (Å²) < 4.78 is 15.5. The maximum absolute atomic E-state index is 14.9. The number of hydrogen-bond donors (Lipinski definition) is 2. The summed E-state index contributed by atoms with van der Waals surface area (Å²) >= 11 is 1.35. The summed E-state index contributed by atoms with van der Waals surface area (Å²) in [7, 11) is 0. The number of phenols is 1. The van der Waals surface area contributed by atoms with E-state index in [1.54, 1.807) is 12.1 Å². The Balaban J connectivity index is 1.83. The Morgan fingerprint density at radius 1 is 1.14 bits per heavy atom. The van der Waals surface area contributed by atoms with Crippen molar-refractivity contribution in [1.82, 2.24) is 9.88 Å². The van der Waals surface area contributed by atoms with E-state index in [0.717, 1.165) is 30.4 Å². The molecular weight excluding hydrogens is 387 g/mol. The van der Waals surface area contributed by atoms with Crippen molar-refractivity contribution in [3.63, 3.8) is 0 Å². The molecule has 0 saturated heterocycles. The lowest BCUT2D eigenvalue weighted by atomic mass is 9.96. The highest BCUT2D eigenvalue weighted by atomic mass is 32.1. The second-order valence-corrected chi connectivity index (χ2v) is 8.00. The first-order valence-corrected chi connectivity index (χ1v) is 10.7. The zero-order valence-electron chi connectivity index (χ0n) is 16.5. The van der Waals surface area contributed by atoms with Crippen molar-refractivity contribution in [2.75, 3.05) is 19.6 Å². The third-order valence-corrected chi connectivity index (χ3v) is 6.42. The molecule has 0 saturated carbocycles. The number of rotatable bonds is 6. The number of hydrogen-bond acceptors (Lipinski definition) is 4. The standard InChI is InChI=1S/C23H23FN2O2S/c1-3-26(4-2)11-9-14-5-6-15(13-17(14)24)20-19(27)8-7-18-21(20)16-10-12-29-22(16)23(28)25-18/h5-8,10,12-13,27H,3-4,9,11H2,1-2H3,(H,25,28). The van der Waals surface area contributed by atoms with Crippen molar-refractivity contribution >= 4 is 32.3 Å². The van der Waals surface area contributed by atoms with Crippen LogP contribution in [0, 0.1) is 5.82 Å². The molecule has 2 heterocycles. The van der Waals surface area contributed by atoms with Crippen LogP contribution in [0.3, 0.4) is 0 Å². The van der Waals surface area contributed by atoms with Crippen LogP contribution in [0.25, 0.3) is 32.1 Å². The van der Waals surface area contributed by atoms with Crippen LogP contribution >= 0.6 is 11.3 Å². The van der Waals surface area contributed by atoms with Gasteiger partial charge >= 0.3 is 0 Å². The number of fused-ring (bicyclic) bond motifs is 3. The Morgan fingerprint density at radius 2 is 1.93 bits per heavy atom. The smallest absolute Gasteiger partial charge is 0.266 e. The van der Waals surface area contributed by atoms with E-state index in [1.807, 2.05) is 17.5 Å². The van der Waals surface area contributed by atoms with Crippen molar-refractivity contribution in [2.24, 2.45) is 0 Å². The summed E-state index contributed by atoms with van der Waals surface area (Å²) in [5, 5.41) is 14.0. The summed E-state index contributed by atoms with van der Waals surface area (Å²) in [5.74, 6) is -0.218. The minimum absolute atomic E-state index is 0.0624. The SMILES string of the molecule is CCN(CC)CCc1ccc(-c2c(O)ccc3[nH]c(=O)c4sccc4c23)cc1F. The average molecular weight is 411 g/mol. The molecule has 0 atom stereocenters. The zero-order chi connectivity index (χ0) is 20.5. The number of pyridine rings is 1. The van der Waals surface area contributed by atoms with Gasteiger partial charge < -0.3 is 15.0 Å². The lowest BCUT2D eigenvalue weighted by Crippen LogP contribution is -2.25. The van der Waals surface area contributed by atoms with Gasteiger partial charge in [-0.05, 0) is 60.3 Å². The van der Waals surface area contributed by atoms with Crippen LogP contribution in [0.1, 0.15) is 19.4 Å². The molecule has 0 aliphatic heterocycles. The fraction of sp³-hybridized carbons (Fsp3) is 0.261. The van der Waals surface area contributed by atoms with Gasteiger partial charge in [0.15, 0.2) is 0 Å². The Kier molecular flexibility index (Phi) is 5.39. The number of thiophene rings is 1. The van der Waals surface area contributed by atoms with Gasteiger partial charge in [-0.25, -0.2) is 4.39 Å². The molecule has 6 heteroatoms. The molecule has 0 unspecified atom stereocenters. The van der Waals surface area contributed by atoms with Crippen LogP contribution in [0.5, 0.6) is 5.75 Å². The van der Waals surface area contributed by atoms with Gasteiger partial charge in [0.1, 0.15) is 16.3 Å². The van der Waals surface area contributed by atoms with Crippen LogP contribution in [0.15, 0.2) is 46.6 Å². The van der Waals surface area contributed by atoms with Gasteiger partial charge in [0.05, 0.1) is 0 Å². The zero-order valence-corrected chi connectivity index (χ0v) is 17.3. The first-order valence-electron chi connectivity index (χ1n) is 9.79. The third kappa shape index (κ3) is 3.54. The van der Waals surface area contributed by atoms with E-state index in [0.29, 0.717) is 33.3 Å². The molecule has 29 heavy (non-hydrogen) atoms. The van der Waals surface area contributed by atoms with Crippen molar-refractivity contribution < 1.29 is 9.50 Å². The molecule has 0 spiro atoms. The van der Waals surface area contributed by atoms with Gasteiger partial charge in [0, 0.05) is 28.4 Å². The number of likely N-dealkylation sites (N-methyl/N-ethyl adjacent to an activating group) is 1. The molecule has 0 fully saturated rings. The van der Waals surface area contributed by atoms with E-state index < -0.39 is 0 Å². The molecule has 2 aromatic heterocycles. The van der Waals surface area contributed by atoms with Crippen molar-refractivity contribution in [3.05, 3.63) is 63.5 Å². The highest BCUT2D eigenvalue weighted by Crippen LogP contribution is 2.40. The minimum atomic E-state index is -0.281. The normalized spacial score (nSPS) is 11.7. The number of phenolic OH excluding ortho intramolecular Hbond substituents is 1. The molecule has 0 amide bonds. The molecule has 0 bridgehead atoms. The van der Waals surface area contributed by atoms with Crippen LogP contribution in [0.2, 0.25) is 0 Å². The molecule has 2 aromatic carbocycles. The topological polar surface area (TPSA) is 56.3 Å². The lowest BCUT2D eigenvalue weighted by Gasteiger charge is -2.18. The monoisotopic (exact) mass is 410 g/mol. The van der Waals surface area contributed by atoms with Crippen LogP contribution < -0.4 is 5.56 Å². The highest BCUT2D eigenvalue weighted by molar-refractivity contribution is 7.17. The molecule has 2 N–H and O–H groups in total. The molecule has 4 rings (SSSR count). The van der Waals surface area contributed by atoms with Gasteiger partial charge in [0.25, 0.3) is 5.56 Å². The van der Waals surface area contributed by atoms with E-state index >= 15 is 0 Å². The largest absolute Gasteiger partial charge is 0.507 e. The third-order valence-electron chi connectivity index (χ3n) is 5.51. The predicted octanol–water partition coefficient (Wildman–Crippen LogP) is 5.14. The molecule has 4 nitrogen and oxygen atoms in total. The van der Waals surface area contributed by atoms with Crippen LogP contribution in [-0.2, 0) is 6.42 Å². The molecule has 0 radical (unpaired) electrons. The maximum atomic E-state index is 14.9. The molecular formula is C23H23FN2O2S. The molecule has 0 aliphatic carbocycles. The van der Waals surface area contributed by atoms with E-state index in [1.165, 1.54) is 23.5 Å². The number of aromatic amines is 1. The summed E-state index contributed by atoms with van der Waals surface area (Å²) in [6.07, 6.45) is 0.636. The summed E-state index contributed by atoms with van der Waals surface area (Å²) in [6, 6.07) is 10.2. The van der Waals surface area contributed by atoms with Crippen molar-refractivity contribution in [1.29, 1.82) is 0 Å². The fourth-order valence-corrected chi connectivity index (χ4v) is 4.65. The molecule has 4 aromatic rings. The van der Waals surface area contributed by atoms with Gasteiger partial charge in [-0.15, -0.1) is 11.3 Å². The number of halogens is 1. The second kappa shape index (κ2) is 7.97. The van der Waals surface area contributed by atoms with Gasteiger partial charge in [0.2, 0.25) is 0 Å². The van der Waals surface area contributed by atoms with E-state index in [2.05, 4.69) is 23.7 Å². The quantitative estimate of drug-likeness (QED) is 0.463. The van der Waals surface area contributed by atoms with Crippen LogP contribution in [0.4, 0.5) is 4.39 Å². The second-order valence-electron chi connectivity index (χ2n) is 7.08. The Hall–Kier alpha value is -2.70. The number of nitrogens with one attached hydrogen (secondary N) is 1. The van der Waals surface area contributed by atoms with Crippen LogP contribution in [-0.4, -0.2) is 34.6 Å². The minimum Gasteiger partial charge on any atom is -0.507 e. The first-order chi connectivity index (χ1) is 14.0. The number of aromatic hydroxyl groups is 1.